The third-order valence-corrected chi connectivity index (χ3v) is 12.1. The Morgan fingerprint density at radius 3 is 2.19 bits per heavy atom. The number of aromatic nitrogens is 4. The van der Waals surface area contributed by atoms with E-state index >= 15 is 0 Å². The van der Waals surface area contributed by atoms with Crippen molar-refractivity contribution >= 4 is 46.4 Å². The van der Waals surface area contributed by atoms with Crippen LogP contribution in [0.3, 0.4) is 0 Å². The Balaban J connectivity index is 0.905. The van der Waals surface area contributed by atoms with E-state index in [9.17, 15) is 28.0 Å². The number of anilines is 1. The SMILES string of the molecule is COC(=O)/N=C1\CCc2cccc3c2N(C1=O)[C@H](c1ncc(-c2ccc(-c4ccc(-c5ccc6nc([C@@H]7CC(F)(F)CN7C(=O)[C@@H](NC(=O)OC)C(C)C)[nH]c6c5)cc4)cc2)[nH]1)C3. The number of carbonyl (C=O) groups excluding carboxylic acids is 4. The Labute approximate surface area is 360 Å². The first-order chi connectivity index (χ1) is 30.3. The fourth-order valence-corrected chi connectivity index (χ4v) is 8.88. The molecule has 0 radical (unpaired) electrons. The van der Waals surface area contributed by atoms with E-state index in [2.05, 4.69) is 30.0 Å². The number of rotatable bonds is 8. The topological polar surface area (TPSA) is 175 Å². The second-order valence-electron chi connectivity index (χ2n) is 16.4. The quantitative estimate of drug-likeness (QED) is 0.137. The molecule has 16 heteroatoms. The Bertz CT molecular complexity index is 2800. The first-order valence-corrected chi connectivity index (χ1v) is 20.7. The zero-order valence-corrected chi connectivity index (χ0v) is 34.9. The summed E-state index contributed by atoms with van der Waals surface area (Å²) >= 11 is 0. The number of nitrogens with one attached hydrogen (secondary N) is 3. The van der Waals surface area contributed by atoms with Crippen LogP contribution in [0.1, 0.15) is 61.5 Å². The molecule has 4 aromatic carbocycles. The number of alkyl carbamates (subject to hydrolysis) is 1. The molecule has 1 saturated heterocycles. The van der Waals surface area contributed by atoms with E-state index < -0.39 is 55.1 Å². The summed E-state index contributed by atoms with van der Waals surface area (Å²) in [6, 6.07) is 25.3. The van der Waals surface area contributed by atoms with Gasteiger partial charge in [-0.05, 0) is 69.8 Å². The van der Waals surface area contributed by atoms with Crippen LogP contribution in [0, 0.1) is 5.92 Å². The molecule has 3 aliphatic heterocycles. The first-order valence-electron chi connectivity index (χ1n) is 20.7. The van der Waals surface area contributed by atoms with Crippen LogP contribution < -0.4 is 10.2 Å². The second-order valence-corrected chi connectivity index (χ2v) is 16.4. The highest BCUT2D eigenvalue weighted by molar-refractivity contribution is 6.45. The first kappa shape index (κ1) is 41.1. The van der Waals surface area contributed by atoms with Crippen molar-refractivity contribution in [1.29, 1.82) is 0 Å². The highest BCUT2D eigenvalue weighted by Gasteiger charge is 2.50. The van der Waals surface area contributed by atoms with Crippen molar-refractivity contribution in [1.82, 2.24) is 30.2 Å². The summed E-state index contributed by atoms with van der Waals surface area (Å²) in [5.41, 5.74) is 9.81. The molecule has 4 amide bonds. The standard InChI is InChI=1S/C47H44F2N8O6/c1-25(2)39(55-46(61)63-4)44(59)56-24-47(48,49)22-38(56)42-51-33-18-17-31(20-35(33)52-42)28-10-8-26(9-11-28)27-12-14-29(15-13-27)36-23-50-41(53-36)37-21-32-7-5-6-30-16-19-34(54-45(60)62-3)43(58)57(37)40(30)32/h5-15,17-18,20,23,25,37-39H,16,19,21-22,24H2,1-4H3,(H,50,53)(H,51,52)(H,55,61)/b54-34+/t37-,38-,39-/m0/s1. The second kappa shape index (κ2) is 16.2. The van der Waals surface area contributed by atoms with E-state index in [4.69, 9.17) is 9.72 Å². The number of fused-ring (bicyclic) bond motifs is 1. The largest absolute Gasteiger partial charge is 0.453 e. The molecule has 9 rings (SSSR count). The van der Waals surface area contributed by atoms with Crippen molar-refractivity contribution in [3.63, 3.8) is 0 Å². The van der Waals surface area contributed by atoms with Crippen LogP contribution in [0.2, 0.25) is 0 Å². The lowest BCUT2D eigenvalue weighted by molar-refractivity contribution is -0.136. The lowest BCUT2D eigenvalue weighted by Crippen LogP contribution is -2.51. The van der Waals surface area contributed by atoms with Crippen LogP contribution >= 0.6 is 0 Å². The zero-order valence-electron chi connectivity index (χ0n) is 34.9. The molecule has 0 aliphatic carbocycles. The van der Waals surface area contributed by atoms with Crippen LogP contribution in [-0.4, -0.2) is 87.3 Å². The summed E-state index contributed by atoms with van der Waals surface area (Å²) in [7, 11) is 2.41. The number of alkyl halides is 2. The van der Waals surface area contributed by atoms with Crippen LogP contribution in [0.4, 0.5) is 24.1 Å². The number of nitrogens with zero attached hydrogens (tertiary/aromatic N) is 5. The Hall–Kier alpha value is -7.23. The zero-order chi connectivity index (χ0) is 44.2. The molecular weight excluding hydrogens is 811 g/mol. The minimum atomic E-state index is -3.14. The number of aliphatic imine (C=N–C) groups is 1. The van der Waals surface area contributed by atoms with E-state index in [0.29, 0.717) is 36.1 Å². The fourth-order valence-electron chi connectivity index (χ4n) is 8.88. The van der Waals surface area contributed by atoms with Crippen molar-refractivity contribution in [2.45, 2.75) is 63.6 Å². The van der Waals surface area contributed by atoms with Crippen molar-refractivity contribution in [3.05, 3.63) is 114 Å². The molecule has 3 atom stereocenters. The highest BCUT2D eigenvalue weighted by atomic mass is 19.3. The van der Waals surface area contributed by atoms with Crippen LogP contribution in [0.25, 0.3) is 44.5 Å². The smallest absolute Gasteiger partial charge is 0.433 e. The Kier molecular flexibility index (Phi) is 10.6. The number of likely N-dealkylation sites (tertiary alicyclic amines) is 1. The van der Waals surface area contributed by atoms with Gasteiger partial charge in [0.1, 0.15) is 23.4 Å². The molecule has 63 heavy (non-hydrogen) atoms. The number of hydrogen-bond acceptors (Lipinski definition) is 8. The predicted octanol–water partition coefficient (Wildman–Crippen LogP) is 8.36. The molecule has 322 valence electrons. The molecule has 3 N–H and O–H groups in total. The van der Waals surface area contributed by atoms with Crippen molar-refractivity contribution in [2.75, 3.05) is 25.7 Å². The van der Waals surface area contributed by atoms with Gasteiger partial charge in [0, 0.05) is 12.8 Å². The molecule has 14 nitrogen and oxygen atoms in total. The maximum absolute atomic E-state index is 14.9. The van der Waals surface area contributed by atoms with Gasteiger partial charge in [0.15, 0.2) is 0 Å². The summed E-state index contributed by atoms with van der Waals surface area (Å²) in [5.74, 6) is -3.60. The number of imidazole rings is 2. The molecule has 0 unspecified atom stereocenters. The number of H-pyrrole nitrogens is 2. The van der Waals surface area contributed by atoms with Crippen molar-refractivity contribution < 1.29 is 37.4 Å². The average molecular weight is 855 g/mol. The maximum atomic E-state index is 14.9. The van der Waals surface area contributed by atoms with Gasteiger partial charge in [0.25, 0.3) is 11.8 Å². The van der Waals surface area contributed by atoms with Crippen molar-refractivity contribution in [2.24, 2.45) is 10.9 Å². The Morgan fingerprint density at radius 2 is 1.51 bits per heavy atom. The lowest BCUT2D eigenvalue weighted by Gasteiger charge is -2.29. The van der Waals surface area contributed by atoms with Gasteiger partial charge in [0.05, 0.1) is 61.5 Å². The number of para-hydroxylation sites is 1. The molecule has 5 heterocycles. The van der Waals surface area contributed by atoms with E-state index in [-0.39, 0.29) is 23.4 Å². The summed E-state index contributed by atoms with van der Waals surface area (Å²) in [5, 5.41) is 2.49. The van der Waals surface area contributed by atoms with Crippen molar-refractivity contribution in [3.8, 4) is 33.5 Å². The molecule has 2 aromatic heterocycles. The lowest BCUT2D eigenvalue weighted by atomic mass is 9.99. The number of aromatic amines is 2. The van der Waals surface area contributed by atoms with Gasteiger partial charge in [-0.3, -0.25) is 14.5 Å². The molecule has 0 spiro atoms. The highest BCUT2D eigenvalue weighted by Crippen LogP contribution is 2.45. The van der Waals surface area contributed by atoms with E-state index in [0.717, 1.165) is 55.2 Å². The number of methoxy groups -OCH3 is 2. The molecule has 3 aliphatic rings. The Morgan fingerprint density at radius 1 is 0.841 bits per heavy atom. The van der Waals surface area contributed by atoms with E-state index in [1.165, 1.54) is 14.2 Å². The number of carbonyl (C=O) groups is 4. The van der Waals surface area contributed by atoms with E-state index in [1.807, 2.05) is 84.9 Å². The number of aryl methyl sites for hydroxylation is 1. The fraction of sp³-hybridized carbons (Fsp3) is 0.298. The number of ether oxygens (including phenoxy) is 2. The summed E-state index contributed by atoms with van der Waals surface area (Å²) < 4.78 is 39.2. The molecule has 0 saturated carbocycles. The van der Waals surface area contributed by atoms with Gasteiger partial charge in [-0.1, -0.05) is 86.6 Å². The summed E-state index contributed by atoms with van der Waals surface area (Å²) in [6.45, 7) is 2.65. The molecule has 6 aromatic rings. The van der Waals surface area contributed by atoms with Gasteiger partial charge in [-0.2, -0.15) is 4.99 Å². The number of halogens is 2. The number of amides is 4. The van der Waals surface area contributed by atoms with E-state index in [1.54, 1.807) is 24.9 Å². The average Bonchev–Trinajstić information content (AvgIpc) is 4.08. The molecule has 1 fully saturated rings. The van der Waals surface area contributed by atoms with Gasteiger partial charge >= 0.3 is 12.2 Å². The molecule has 0 bridgehead atoms. The predicted molar refractivity (Wildman–Crippen MR) is 231 cm³/mol. The molecular formula is C47H44F2N8O6. The van der Waals surface area contributed by atoms with Gasteiger partial charge < -0.3 is 29.7 Å². The monoisotopic (exact) mass is 854 g/mol. The summed E-state index contributed by atoms with van der Waals surface area (Å²) in [4.78, 5) is 74.3. The van der Waals surface area contributed by atoms with Crippen LogP contribution in [0.15, 0.2) is 96.1 Å². The van der Waals surface area contributed by atoms with Crippen LogP contribution in [0.5, 0.6) is 0 Å². The third-order valence-electron chi connectivity index (χ3n) is 12.1. The normalized spacial score (nSPS) is 19.0. The number of benzene rings is 4. The minimum absolute atomic E-state index is 0.159. The summed E-state index contributed by atoms with van der Waals surface area (Å²) in [6.07, 6.45) is 1.01. The van der Waals surface area contributed by atoms with Gasteiger partial charge in [0.2, 0.25) is 5.91 Å². The minimum Gasteiger partial charge on any atom is -0.453 e. The maximum Gasteiger partial charge on any atom is 0.433 e. The van der Waals surface area contributed by atoms with Gasteiger partial charge in [-0.25, -0.2) is 28.3 Å². The third kappa shape index (κ3) is 7.81. The van der Waals surface area contributed by atoms with Crippen LogP contribution in [-0.2, 0) is 31.9 Å². The van der Waals surface area contributed by atoms with Gasteiger partial charge in [-0.15, -0.1) is 0 Å². The number of hydrogen-bond donors (Lipinski definition) is 3.